The van der Waals surface area contributed by atoms with Crippen molar-refractivity contribution in [3.8, 4) is 0 Å². The summed E-state index contributed by atoms with van der Waals surface area (Å²) in [7, 11) is 0. The summed E-state index contributed by atoms with van der Waals surface area (Å²) in [4.78, 5) is 2.58. The fraction of sp³-hybridized carbons (Fsp3) is 1.00. The topological polar surface area (TPSA) is 35.5 Å². The van der Waals surface area contributed by atoms with E-state index in [0.717, 1.165) is 19.3 Å². The summed E-state index contributed by atoms with van der Waals surface area (Å²) in [6.45, 7) is 8.30. The van der Waals surface area contributed by atoms with Crippen molar-refractivity contribution < 1.29 is 5.11 Å². The highest BCUT2D eigenvalue weighted by molar-refractivity contribution is 4.68. The summed E-state index contributed by atoms with van der Waals surface area (Å²) >= 11 is 0. The monoisotopic (exact) mass is 284 g/mol. The molecule has 0 bridgehead atoms. The largest absolute Gasteiger partial charge is 0.379 e. The summed E-state index contributed by atoms with van der Waals surface area (Å²) in [5.41, 5.74) is 0. The van der Waals surface area contributed by atoms with Crippen molar-refractivity contribution in [2.75, 3.05) is 19.6 Å². The summed E-state index contributed by atoms with van der Waals surface area (Å²) in [5, 5.41) is 13.4. The number of likely N-dealkylation sites (tertiary alicyclic amines) is 1. The Morgan fingerprint density at radius 2 is 1.75 bits per heavy atom. The van der Waals surface area contributed by atoms with Gasteiger partial charge in [-0.2, -0.15) is 0 Å². The van der Waals surface area contributed by atoms with E-state index in [4.69, 9.17) is 0 Å². The molecule has 0 aromatic rings. The highest BCUT2D eigenvalue weighted by Crippen LogP contribution is 2.11. The Morgan fingerprint density at radius 1 is 1.00 bits per heavy atom. The smallest absolute Gasteiger partial charge is 0.105 e. The average molecular weight is 284 g/mol. The standard InChI is InChI=1S/C17H36N2O/c1-3-5-11-16(4-2)18-17(20)12-7-6-8-13-19-14-9-10-15-19/h16-18,20H,3-15H2,1-2H3/t16?,17-/m1/s1. The third-order valence-electron chi connectivity index (χ3n) is 4.48. The molecule has 0 amide bonds. The van der Waals surface area contributed by atoms with Crippen molar-refractivity contribution in [2.24, 2.45) is 0 Å². The molecule has 120 valence electrons. The van der Waals surface area contributed by atoms with Crippen molar-refractivity contribution in [3.63, 3.8) is 0 Å². The summed E-state index contributed by atoms with van der Waals surface area (Å²) in [5.74, 6) is 0. The summed E-state index contributed by atoms with van der Waals surface area (Å²) in [6, 6.07) is 0.495. The van der Waals surface area contributed by atoms with Gasteiger partial charge in [-0.05, 0) is 64.6 Å². The quantitative estimate of drug-likeness (QED) is 0.425. The number of hydrogen-bond donors (Lipinski definition) is 2. The van der Waals surface area contributed by atoms with Gasteiger partial charge in [-0.25, -0.2) is 0 Å². The van der Waals surface area contributed by atoms with Crippen LogP contribution in [0.1, 0.15) is 78.1 Å². The van der Waals surface area contributed by atoms with Crippen molar-refractivity contribution in [1.82, 2.24) is 10.2 Å². The van der Waals surface area contributed by atoms with Gasteiger partial charge in [-0.1, -0.05) is 33.1 Å². The lowest BCUT2D eigenvalue weighted by Gasteiger charge is -2.21. The van der Waals surface area contributed by atoms with Crippen LogP contribution in [0.3, 0.4) is 0 Å². The molecule has 20 heavy (non-hydrogen) atoms. The van der Waals surface area contributed by atoms with Crippen molar-refractivity contribution in [2.45, 2.75) is 90.3 Å². The summed E-state index contributed by atoms with van der Waals surface area (Å²) in [6.07, 6.45) is 11.9. The zero-order valence-electron chi connectivity index (χ0n) is 13.7. The first kappa shape index (κ1) is 17.9. The molecule has 2 atom stereocenters. The van der Waals surface area contributed by atoms with Gasteiger partial charge in [0.15, 0.2) is 0 Å². The van der Waals surface area contributed by atoms with Gasteiger partial charge in [0.2, 0.25) is 0 Å². The van der Waals surface area contributed by atoms with Crippen LogP contribution in [0.5, 0.6) is 0 Å². The zero-order valence-corrected chi connectivity index (χ0v) is 13.7. The van der Waals surface area contributed by atoms with Crippen LogP contribution in [0.4, 0.5) is 0 Å². The molecule has 0 aromatic heterocycles. The highest BCUT2D eigenvalue weighted by atomic mass is 16.3. The van der Waals surface area contributed by atoms with Gasteiger partial charge >= 0.3 is 0 Å². The molecule has 0 spiro atoms. The second-order valence-corrected chi connectivity index (χ2v) is 6.33. The third-order valence-corrected chi connectivity index (χ3v) is 4.48. The molecule has 3 heteroatoms. The Kier molecular flexibility index (Phi) is 10.3. The van der Waals surface area contributed by atoms with Gasteiger partial charge in [0.25, 0.3) is 0 Å². The van der Waals surface area contributed by atoms with E-state index in [1.807, 2.05) is 0 Å². The molecule has 1 fully saturated rings. The van der Waals surface area contributed by atoms with E-state index in [2.05, 4.69) is 24.1 Å². The number of aliphatic hydroxyl groups excluding tert-OH is 1. The first-order valence-electron chi connectivity index (χ1n) is 8.92. The molecule has 1 aliphatic rings. The fourth-order valence-electron chi connectivity index (χ4n) is 3.07. The van der Waals surface area contributed by atoms with Crippen LogP contribution >= 0.6 is 0 Å². The minimum absolute atomic E-state index is 0.302. The molecular weight excluding hydrogens is 248 g/mol. The van der Waals surface area contributed by atoms with E-state index in [9.17, 15) is 5.11 Å². The molecule has 1 rings (SSSR count). The van der Waals surface area contributed by atoms with Crippen molar-refractivity contribution in [1.29, 1.82) is 0 Å². The van der Waals surface area contributed by atoms with Crippen LogP contribution in [0.15, 0.2) is 0 Å². The Labute approximate surface area is 126 Å². The third kappa shape index (κ3) is 8.23. The van der Waals surface area contributed by atoms with Crippen molar-refractivity contribution in [3.05, 3.63) is 0 Å². The molecule has 3 nitrogen and oxygen atoms in total. The molecule has 1 heterocycles. The summed E-state index contributed by atoms with van der Waals surface area (Å²) < 4.78 is 0. The Bertz CT molecular complexity index is 217. The van der Waals surface area contributed by atoms with Gasteiger partial charge in [0, 0.05) is 6.04 Å². The first-order valence-corrected chi connectivity index (χ1v) is 8.92. The van der Waals surface area contributed by atoms with Crippen molar-refractivity contribution >= 4 is 0 Å². The van der Waals surface area contributed by atoms with E-state index in [-0.39, 0.29) is 6.23 Å². The Hall–Kier alpha value is -0.120. The molecule has 1 unspecified atom stereocenters. The van der Waals surface area contributed by atoms with E-state index < -0.39 is 0 Å². The van der Waals surface area contributed by atoms with Gasteiger partial charge in [-0.15, -0.1) is 0 Å². The van der Waals surface area contributed by atoms with Gasteiger partial charge in [0.05, 0.1) is 0 Å². The van der Waals surface area contributed by atoms with Crippen LogP contribution in [0, 0.1) is 0 Å². The lowest BCUT2D eigenvalue weighted by atomic mass is 10.1. The van der Waals surface area contributed by atoms with E-state index in [0.29, 0.717) is 6.04 Å². The molecular formula is C17H36N2O. The maximum absolute atomic E-state index is 10.0. The maximum atomic E-state index is 10.0. The highest BCUT2D eigenvalue weighted by Gasteiger charge is 2.12. The predicted molar refractivity (Wildman–Crippen MR) is 86.9 cm³/mol. The lowest BCUT2D eigenvalue weighted by Crippen LogP contribution is -2.37. The van der Waals surface area contributed by atoms with Crippen LogP contribution in [-0.4, -0.2) is 41.9 Å². The van der Waals surface area contributed by atoms with Gasteiger partial charge < -0.3 is 10.0 Å². The van der Waals surface area contributed by atoms with Crippen LogP contribution in [0.2, 0.25) is 0 Å². The minimum Gasteiger partial charge on any atom is -0.379 e. The van der Waals surface area contributed by atoms with Gasteiger partial charge in [-0.3, -0.25) is 5.32 Å². The number of nitrogens with zero attached hydrogens (tertiary/aromatic N) is 1. The van der Waals surface area contributed by atoms with Crippen LogP contribution in [0.25, 0.3) is 0 Å². The average Bonchev–Trinajstić information content (AvgIpc) is 2.96. The van der Waals surface area contributed by atoms with Crippen LogP contribution in [-0.2, 0) is 0 Å². The van der Waals surface area contributed by atoms with Crippen LogP contribution < -0.4 is 5.32 Å². The molecule has 2 N–H and O–H groups in total. The number of aliphatic hydroxyl groups is 1. The lowest BCUT2D eigenvalue weighted by molar-refractivity contribution is 0.106. The van der Waals surface area contributed by atoms with Gasteiger partial charge in [0.1, 0.15) is 6.23 Å². The number of nitrogens with one attached hydrogen (secondary N) is 1. The normalized spacial score (nSPS) is 19.4. The maximum Gasteiger partial charge on any atom is 0.105 e. The van der Waals surface area contributed by atoms with E-state index in [1.54, 1.807) is 0 Å². The van der Waals surface area contributed by atoms with E-state index >= 15 is 0 Å². The Balaban J connectivity index is 1.96. The SMILES string of the molecule is CCCCC(CC)N[C@H](O)CCCCCN1CCCC1. The second-order valence-electron chi connectivity index (χ2n) is 6.33. The molecule has 0 aliphatic carbocycles. The predicted octanol–water partition coefficient (Wildman–Crippen LogP) is 3.52. The Morgan fingerprint density at radius 3 is 2.40 bits per heavy atom. The molecule has 0 aromatic carbocycles. The zero-order chi connectivity index (χ0) is 14.6. The number of rotatable bonds is 12. The molecule has 1 aliphatic heterocycles. The molecule has 1 saturated heterocycles. The first-order chi connectivity index (χ1) is 9.76. The second kappa shape index (κ2) is 11.5. The van der Waals surface area contributed by atoms with E-state index in [1.165, 1.54) is 64.6 Å². The fourth-order valence-corrected chi connectivity index (χ4v) is 3.07. The number of unbranched alkanes of at least 4 members (excludes halogenated alkanes) is 3. The number of hydrogen-bond acceptors (Lipinski definition) is 3. The molecule has 0 radical (unpaired) electrons. The minimum atomic E-state index is -0.302. The molecule has 0 saturated carbocycles.